The fourth-order valence-corrected chi connectivity index (χ4v) is 2.98. The molecule has 0 atom stereocenters. The molecule has 1 aromatic heterocycles. The van der Waals surface area contributed by atoms with E-state index in [1.165, 1.54) is 0 Å². The average Bonchev–Trinajstić information content (AvgIpc) is 3.28. The maximum Gasteiger partial charge on any atom is 0.262 e. The maximum atomic E-state index is 10.0. The van der Waals surface area contributed by atoms with Gasteiger partial charge in [0, 0.05) is 5.56 Å². The Bertz CT molecular complexity index is 964. The van der Waals surface area contributed by atoms with Crippen molar-refractivity contribution in [3.05, 3.63) is 42.5 Å². The number of ether oxygens (including phenoxy) is 1. The van der Waals surface area contributed by atoms with E-state index in [9.17, 15) is 5.11 Å². The van der Waals surface area contributed by atoms with E-state index in [0.717, 1.165) is 22.5 Å². The summed E-state index contributed by atoms with van der Waals surface area (Å²) < 4.78 is 10.8. The van der Waals surface area contributed by atoms with Crippen molar-refractivity contribution in [2.75, 3.05) is 24.1 Å². The van der Waals surface area contributed by atoms with Gasteiger partial charge in [-0.25, -0.2) is 0 Å². The van der Waals surface area contributed by atoms with Gasteiger partial charge < -0.3 is 19.8 Å². The smallest absolute Gasteiger partial charge is 0.262 e. The molecule has 1 aliphatic heterocycles. The van der Waals surface area contributed by atoms with E-state index in [1.54, 1.807) is 21.0 Å². The lowest BCUT2D eigenvalue weighted by Gasteiger charge is -2.26. The normalized spacial score (nSPS) is 13.4. The van der Waals surface area contributed by atoms with Crippen molar-refractivity contribution in [3.63, 3.8) is 0 Å². The predicted molar refractivity (Wildman–Crippen MR) is 102 cm³/mol. The minimum atomic E-state index is -0.827. The molecule has 2 aromatic carbocycles. The molecule has 0 fully saturated rings. The first-order valence-corrected chi connectivity index (χ1v) is 8.58. The van der Waals surface area contributed by atoms with Crippen molar-refractivity contribution in [3.8, 4) is 28.6 Å². The molecule has 0 amide bonds. The fraction of sp³-hybridized carbons (Fsp3) is 0.263. The van der Waals surface area contributed by atoms with Crippen molar-refractivity contribution >= 4 is 11.4 Å². The maximum absolute atomic E-state index is 10.0. The lowest BCUT2D eigenvalue weighted by molar-refractivity contribution is 0.0858. The standard InChI is InChI=1S/C19H21N5O3/c1-19(2,25)11-24-15-9-8-12(10-14(15)21-23-24)17-20-18(27-22-17)13-6-4-5-7-16(13)26-3/h4-10,21,23,25H,11H2,1-3H3. The molecule has 3 N–H and O–H groups in total. The van der Waals surface area contributed by atoms with Gasteiger partial charge in [-0.15, -0.1) is 5.53 Å². The zero-order chi connectivity index (χ0) is 19.0. The number of benzene rings is 2. The number of hydrogen-bond donors (Lipinski definition) is 3. The molecule has 0 saturated heterocycles. The number of hydrogen-bond acceptors (Lipinski definition) is 8. The number of rotatable bonds is 5. The van der Waals surface area contributed by atoms with E-state index in [4.69, 9.17) is 9.26 Å². The Morgan fingerprint density at radius 3 is 2.81 bits per heavy atom. The Morgan fingerprint density at radius 1 is 1.22 bits per heavy atom. The van der Waals surface area contributed by atoms with Gasteiger partial charge in [0.1, 0.15) is 5.75 Å². The zero-order valence-electron chi connectivity index (χ0n) is 15.4. The molecule has 0 spiro atoms. The van der Waals surface area contributed by atoms with E-state index in [1.807, 2.05) is 47.5 Å². The number of nitrogens with one attached hydrogen (secondary N) is 2. The van der Waals surface area contributed by atoms with Gasteiger partial charge >= 0.3 is 0 Å². The third-order valence-electron chi connectivity index (χ3n) is 4.18. The van der Waals surface area contributed by atoms with Gasteiger partial charge in [0.25, 0.3) is 5.89 Å². The van der Waals surface area contributed by atoms with E-state index in [2.05, 4.69) is 21.1 Å². The first-order valence-electron chi connectivity index (χ1n) is 8.58. The molecule has 8 heteroatoms. The van der Waals surface area contributed by atoms with E-state index in [0.29, 0.717) is 24.0 Å². The molecule has 8 nitrogen and oxygen atoms in total. The summed E-state index contributed by atoms with van der Waals surface area (Å²) in [7, 11) is 1.61. The van der Waals surface area contributed by atoms with Gasteiger partial charge in [-0.05, 0) is 44.2 Å². The van der Waals surface area contributed by atoms with Gasteiger partial charge in [0.15, 0.2) is 0 Å². The first-order chi connectivity index (χ1) is 12.9. The average molecular weight is 367 g/mol. The van der Waals surface area contributed by atoms with Crippen LogP contribution in [0.5, 0.6) is 5.75 Å². The monoisotopic (exact) mass is 367 g/mol. The molecule has 0 saturated carbocycles. The summed E-state index contributed by atoms with van der Waals surface area (Å²) in [6.45, 7) is 3.96. The molecular weight excluding hydrogens is 346 g/mol. The van der Waals surface area contributed by atoms with Gasteiger partial charge in [0.2, 0.25) is 5.82 Å². The summed E-state index contributed by atoms with van der Waals surface area (Å²) in [6.07, 6.45) is 0. The van der Waals surface area contributed by atoms with Crippen LogP contribution in [0.3, 0.4) is 0 Å². The van der Waals surface area contributed by atoms with Crippen LogP contribution < -0.4 is 20.7 Å². The molecule has 0 aliphatic carbocycles. The van der Waals surface area contributed by atoms with Crippen molar-refractivity contribution in [2.24, 2.45) is 0 Å². The lowest BCUT2D eigenvalue weighted by Crippen LogP contribution is -2.45. The predicted octanol–water partition coefficient (Wildman–Crippen LogP) is 2.83. The highest BCUT2D eigenvalue weighted by Gasteiger charge is 2.25. The highest BCUT2D eigenvalue weighted by Crippen LogP contribution is 2.35. The number of para-hydroxylation sites is 1. The van der Waals surface area contributed by atoms with Crippen LogP contribution in [-0.2, 0) is 0 Å². The van der Waals surface area contributed by atoms with Gasteiger partial charge in [-0.3, -0.25) is 5.01 Å². The minimum Gasteiger partial charge on any atom is -0.496 e. The van der Waals surface area contributed by atoms with E-state index >= 15 is 0 Å². The van der Waals surface area contributed by atoms with Crippen molar-refractivity contribution in [1.29, 1.82) is 0 Å². The van der Waals surface area contributed by atoms with Gasteiger partial charge in [0.05, 0.1) is 36.2 Å². The molecule has 2 heterocycles. The van der Waals surface area contributed by atoms with Crippen LogP contribution in [0.15, 0.2) is 47.0 Å². The number of fused-ring (bicyclic) bond motifs is 1. The fourth-order valence-electron chi connectivity index (χ4n) is 2.98. The largest absolute Gasteiger partial charge is 0.496 e. The molecule has 0 unspecified atom stereocenters. The molecule has 0 bridgehead atoms. The molecule has 3 aromatic rings. The van der Waals surface area contributed by atoms with Crippen molar-refractivity contribution in [2.45, 2.75) is 19.4 Å². The number of anilines is 2. The van der Waals surface area contributed by atoms with Crippen molar-refractivity contribution < 1.29 is 14.4 Å². The van der Waals surface area contributed by atoms with E-state index < -0.39 is 5.60 Å². The molecule has 27 heavy (non-hydrogen) atoms. The number of aromatic nitrogens is 2. The second-order valence-electron chi connectivity index (χ2n) is 6.99. The van der Waals surface area contributed by atoms with Crippen LogP contribution in [-0.4, -0.2) is 34.5 Å². The Balaban J connectivity index is 1.62. The summed E-state index contributed by atoms with van der Waals surface area (Å²) >= 11 is 0. The first kappa shape index (κ1) is 17.3. The van der Waals surface area contributed by atoms with Crippen LogP contribution in [0.4, 0.5) is 11.4 Å². The summed E-state index contributed by atoms with van der Waals surface area (Å²) in [5.74, 6) is 1.56. The Morgan fingerprint density at radius 2 is 2.04 bits per heavy atom. The summed E-state index contributed by atoms with van der Waals surface area (Å²) in [5, 5.41) is 16.0. The molecule has 1 aliphatic rings. The second kappa shape index (κ2) is 6.57. The third kappa shape index (κ3) is 3.44. The van der Waals surface area contributed by atoms with E-state index in [-0.39, 0.29) is 0 Å². The summed E-state index contributed by atoms with van der Waals surface area (Å²) in [5.41, 5.74) is 8.70. The lowest BCUT2D eigenvalue weighted by atomic mass is 10.1. The molecule has 140 valence electrons. The number of hydrazine groups is 2. The quantitative estimate of drug-likeness (QED) is 0.634. The number of β-amino-alcohol motifs (C(OH)–C–C–N with tert-alkyl or cyclic N) is 1. The van der Waals surface area contributed by atoms with Crippen LogP contribution >= 0.6 is 0 Å². The minimum absolute atomic E-state index is 0.401. The van der Waals surface area contributed by atoms with Crippen LogP contribution in [0.25, 0.3) is 22.8 Å². The summed E-state index contributed by atoms with van der Waals surface area (Å²) in [6, 6.07) is 13.3. The highest BCUT2D eigenvalue weighted by molar-refractivity contribution is 5.78. The third-order valence-corrected chi connectivity index (χ3v) is 4.18. The summed E-state index contributed by atoms with van der Waals surface area (Å²) in [4.78, 5) is 4.50. The van der Waals surface area contributed by atoms with Gasteiger partial charge in [-0.1, -0.05) is 17.3 Å². The second-order valence-corrected chi connectivity index (χ2v) is 6.99. The highest BCUT2D eigenvalue weighted by atomic mass is 16.5. The Kier molecular flexibility index (Phi) is 4.21. The Hall–Kier alpha value is -3.10. The molecule has 4 rings (SSSR count). The van der Waals surface area contributed by atoms with Crippen LogP contribution in [0.1, 0.15) is 13.8 Å². The zero-order valence-corrected chi connectivity index (χ0v) is 15.4. The number of methoxy groups -OCH3 is 1. The Labute approximate surface area is 156 Å². The topological polar surface area (TPSA) is 95.7 Å². The molecule has 0 radical (unpaired) electrons. The van der Waals surface area contributed by atoms with Crippen LogP contribution in [0, 0.1) is 0 Å². The number of aliphatic hydroxyl groups is 1. The SMILES string of the molecule is COc1ccccc1-c1nc(-c2ccc3c(c2)NNN3CC(C)(C)O)no1. The van der Waals surface area contributed by atoms with Crippen molar-refractivity contribution in [1.82, 2.24) is 15.7 Å². The molecular formula is C19H21N5O3. The van der Waals surface area contributed by atoms with Crippen LogP contribution in [0.2, 0.25) is 0 Å². The number of nitrogens with zero attached hydrogens (tertiary/aromatic N) is 3. The van der Waals surface area contributed by atoms with Gasteiger partial charge in [-0.2, -0.15) is 4.98 Å².